The Bertz CT molecular complexity index is 396. The van der Waals surface area contributed by atoms with Crippen molar-refractivity contribution < 1.29 is 4.79 Å². The normalized spacial score (nSPS) is 10.4. The molecule has 0 radical (unpaired) electrons. The molecule has 0 atom stereocenters. The fourth-order valence-electron chi connectivity index (χ4n) is 2.05. The van der Waals surface area contributed by atoms with Crippen molar-refractivity contribution >= 4 is 23.4 Å². The molecule has 0 heterocycles. The second kappa shape index (κ2) is 10.6. The molecule has 1 amide bonds. The smallest absolute Gasteiger partial charge is 0.220 e. The summed E-state index contributed by atoms with van der Waals surface area (Å²) in [5.41, 5.74) is 7.59. The van der Waals surface area contributed by atoms with Crippen LogP contribution in [0.25, 0.3) is 0 Å². The van der Waals surface area contributed by atoms with E-state index in [-0.39, 0.29) is 5.91 Å². The first-order valence-corrected chi connectivity index (χ1v) is 8.72. The van der Waals surface area contributed by atoms with E-state index in [1.54, 1.807) is 0 Å². The largest absolute Gasteiger partial charge is 0.399 e. The number of amides is 1. The zero-order chi connectivity index (χ0) is 14.6. The summed E-state index contributed by atoms with van der Waals surface area (Å²) in [6, 6.07) is 7.73. The molecule has 4 heteroatoms. The molecule has 112 valence electrons. The van der Waals surface area contributed by atoms with Crippen molar-refractivity contribution in [1.29, 1.82) is 0 Å². The number of hydrogen-bond acceptors (Lipinski definition) is 3. The standard InChI is InChI=1S/C16H26N2OS/c1-20-12-5-3-2-4-11-18-16(19)10-9-14-7-6-8-15(17)13-14/h6-8,13H,2-5,9-12,17H2,1H3,(H,18,19). The van der Waals surface area contributed by atoms with Crippen molar-refractivity contribution in [3.05, 3.63) is 29.8 Å². The maximum absolute atomic E-state index is 11.7. The fourth-order valence-corrected chi connectivity index (χ4v) is 2.54. The Balaban J connectivity index is 2.03. The molecule has 0 aliphatic heterocycles. The average Bonchev–Trinajstić information content (AvgIpc) is 2.44. The minimum absolute atomic E-state index is 0.136. The Hall–Kier alpha value is -1.16. The van der Waals surface area contributed by atoms with Crippen molar-refractivity contribution in [1.82, 2.24) is 5.32 Å². The van der Waals surface area contributed by atoms with E-state index in [9.17, 15) is 4.79 Å². The fraction of sp³-hybridized carbons (Fsp3) is 0.562. The zero-order valence-electron chi connectivity index (χ0n) is 12.4. The highest BCUT2D eigenvalue weighted by molar-refractivity contribution is 7.98. The third-order valence-corrected chi connectivity index (χ3v) is 3.89. The molecule has 3 nitrogen and oxygen atoms in total. The lowest BCUT2D eigenvalue weighted by Gasteiger charge is -2.06. The molecule has 0 unspecified atom stereocenters. The maximum atomic E-state index is 11.7. The number of aryl methyl sites for hydroxylation is 1. The van der Waals surface area contributed by atoms with Gasteiger partial charge in [0.25, 0.3) is 0 Å². The quantitative estimate of drug-likeness (QED) is 0.514. The Morgan fingerprint density at radius 2 is 2.05 bits per heavy atom. The molecule has 0 spiro atoms. The van der Waals surface area contributed by atoms with Crippen LogP contribution in [-0.2, 0) is 11.2 Å². The van der Waals surface area contributed by atoms with Crippen molar-refractivity contribution in [3.63, 3.8) is 0 Å². The molecular weight excluding hydrogens is 268 g/mol. The molecule has 0 saturated carbocycles. The molecule has 0 aromatic heterocycles. The third kappa shape index (κ3) is 8.10. The Morgan fingerprint density at radius 3 is 2.80 bits per heavy atom. The molecule has 0 fully saturated rings. The number of benzene rings is 1. The second-order valence-electron chi connectivity index (χ2n) is 5.00. The lowest BCUT2D eigenvalue weighted by molar-refractivity contribution is -0.121. The van der Waals surface area contributed by atoms with Crippen LogP contribution in [0, 0.1) is 0 Å². The zero-order valence-corrected chi connectivity index (χ0v) is 13.2. The highest BCUT2D eigenvalue weighted by Crippen LogP contribution is 2.08. The number of hydrogen-bond donors (Lipinski definition) is 2. The van der Waals surface area contributed by atoms with Gasteiger partial charge in [0.05, 0.1) is 0 Å². The van der Waals surface area contributed by atoms with Crippen LogP contribution in [0.5, 0.6) is 0 Å². The van der Waals surface area contributed by atoms with Gasteiger partial charge in [0, 0.05) is 18.7 Å². The topological polar surface area (TPSA) is 55.1 Å². The Labute approximate surface area is 126 Å². The van der Waals surface area contributed by atoms with E-state index < -0.39 is 0 Å². The van der Waals surface area contributed by atoms with Crippen molar-refractivity contribution in [2.24, 2.45) is 0 Å². The van der Waals surface area contributed by atoms with Crippen LogP contribution in [0.2, 0.25) is 0 Å². The van der Waals surface area contributed by atoms with Crippen LogP contribution in [0.3, 0.4) is 0 Å². The summed E-state index contributed by atoms with van der Waals surface area (Å²) in [7, 11) is 0. The molecule has 1 aromatic carbocycles. The predicted molar refractivity (Wildman–Crippen MR) is 89.0 cm³/mol. The van der Waals surface area contributed by atoms with Crippen LogP contribution in [0.1, 0.15) is 37.7 Å². The Kier molecular flexibility index (Phi) is 8.96. The number of carbonyl (C=O) groups is 1. The first kappa shape index (κ1) is 16.9. The van der Waals surface area contributed by atoms with E-state index in [1.807, 2.05) is 36.0 Å². The number of unbranched alkanes of at least 4 members (excludes halogenated alkanes) is 3. The van der Waals surface area contributed by atoms with Gasteiger partial charge in [-0.15, -0.1) is 0 Å². The number of anilines is 1. The molecule has 0 aliphatic rings. The number of nitrogens with one attached hydrogen (secondary N) is 1. The van der Waals surface area contributed by atoms with Crippen molar-refractivity contribution in [2.75, 3.05) is 24.3 Å². The van der Waals surface area contributed by atoms with Crippen molar-refractivity contribution in [2.45, 2.75) is 38.5 Å². The van der Waals surface area contributed by atoms with E-state index in [2.05, 4.69) is 11.6 Å². The highest BCUT2D eigenvalue weighted by Gasteiger charge is 2.02. The van der Waals surface area contributed by atoms with Gasteiger partial charge in [0.1, 0.15) is 0 Å². The van der Waals surface area contributed by atoms with Crippen LogP contribution in [0.4, 0.5) is 5.69 Å². The van der Waals surface area contributed by atoms with Gasteiger partial charge >= 0.3 is 0 Å². The minimum atomic E-state index is 0.136. The minimum Gasteiger partial charge on any atom is -0.399 e. The van der Waals surface area contributed by atoms with Gasteiger partial charge < -0.3 is 11.1 Å². The van der Waals surface area contributed by atoms with E-state index in [4.69, 9.17) is 5.73 Å². The molecule has 20 heavy (non-hydrogen) atoms. The van der Waals surface area contributed by atoms with Gasteiger partial charge in [0.15, 0.2) is 0 Å². The molecule has 0 aliphatic carbocycles. The van der Waals surface area contributed by atoms with E-state index in [0.29, 0.717) is 6.42 Å². The predicted octanol–water partition coefficient (Wildman–Crippen LogP) is 3.24. The van der Waals surface area contributed by atoms with Crippen LogP contribution >= 0.6 is 11.8 Å². The molecule has 3 N–H and O–H groups in total. The van der Waals surface area contributed by atoms with Gasteiger partial charge in [-0.25, -0.2) is 0 Å². The summed E-state index contributed by atoms with van der Waals surface area (Å²) in [6.45, 7) is 0.801. The summed E-state index contributed by atoms with van der Waals surface area (Å²) in [5.74, 6) is 1.38. The third-order valence-electron chi connectivity index (χ3n) is 3.19. The van der Waals surface area contributed by atoms with Crippen LogP contribution in [0.15, 0.2) is 24.3 Å². The van der Waals surface area contributed by atoms with E-state index in [0.717, 1.165) is 30.6 Å². The molecule has 0 bridgehead atoms. The highest BCUT2D eigenvalue weighted by atomic mass is 32.2. The van der Waals surface area contributed by atoms with Gasteiger partial charge in [-0.2, -0.15) is 11.8 Å². The number of nitrogens with two attached hydrogens (primary N) is 1. The maximum Gasteiger partial charge on any atom is 0.220 e. The number of nitrogen functional groups attached to an aromatic ring is 1. The van der Waals surface area contributed by atoms with Crippen molar-refractivity contribution in [3.8, 4) is 0 Å². The summed E-state index contributed by atoms with van der Waals surface area (Å²) >= 11 is 1.90. The lowest BCUT2D eigenvalue weighted by atomic mass is 10.1. The van der Waals surface area contributed by atoms with Gasteiger partial charge in [-0.1, -0.05) is 25.0 Å². The monoisotopic (exact) mass is 294 g/mol. The summed E-state index contributed by atoms with van der Waals surface area (Å²) in [5, 5.41) is 2.98. The summed E-state index contributed by atoms with van der Waals surface area (Å²) < 4.78 is 0. The number of rotatable bonds is 10. The number of carbonyl (C=O) groups excluding carboxylic acids is 1. The SMILES string of the molecule is CSCCCCCCNC(=O)CCc1cccc(N)c1. The summed E-state index contributed by atoms with van der Waals surface area (Å²) in [4.78, 5) is 11.7. The van der Waals surface area contributed by atoms with E-state index in [1.165, 1.54) is 25.0 Å². The van der Waals surface area contributed by atoms with Gasteiger partial charge in [-0.3, -0.25) is 4.79 Å². The van der Waals surface area contributed by atoms with Crippen LogP contribution in [-0.4, -0.2) is 24.5 Å². The molecule has 0 saturated heterocycles. The van der Waals surface area contributed by atoms with Crippen LogP contribution < -0.4 is 11.1 Å². The first-order chi connectivity index (χ1) is 9.72. The number of thioether (sulfide) groups is 1. The van der Waals surface area contributed by atoms with Gasteiger partial charge in [0.2, 0.25) is 5.91 Å². The first-order valence-electron chi connectivity index (χ1n) is 7.32. The van der Waals surface area contributed by atoms with E-state index >= 15 is 0 Å². The average molecular weight is 294 g/mol. The van der Waals surface area contributed by atoms with Gasteiger partial charge in [-0.05, 0) is 49.0 Å². The molecule has 1 rings (SSSR count). The molecule has 1 aromatic rings. The lowest BCUT2D eigenvalue weighted by Crippen LogP contribution is -2.24. The molecular formula is C16H26N2OS. The summed E-state index contributed by atoms with van der Waals surface area (Å²) in [6.07, 6.45) is 8.26. The Morgan fingerprint density at radius 1 is 1.25 bits per heavy atom. The second-order valence-corrected chi connectivity index (χ2v) is 5.99.